The van der Waals surface area contributed by atoms with E-state index in [1.165, 1.54) is 45.6 Å². The monoisotopic (exact) mass is 389 g/mol. The molecule has 0 saturated heterocycles. The van der Waals surface area contributed by atoms with Gasteiger partial charge >= 0.3 is 11.4 Å². The van der Waals surface area contributed by atoms with Crippen molar-refractivity contribution >= 4 is 22.5 Å². The molecule has 0 spiro atoms. The Morgan fingerprint density at radius 1 is 1.15 bits per heavy atom. The van der Waals surface area contributed by atoms with E-state index in [1.807, 2.05) is 12.3 Å². The Bertz CT molecular complexity index is 1330. The highest BCUT2D eigenvalue weighted by Crippen LogP contribution is 2.10. The first-order chi connectivity index (χ1) is 12.8. The normalized spacial score (nSPS) is 11.5. The van der Waals surface area contributed by atoms with Crippen LogP contribution in [0.4, 0.5) is 0 Å². The number of thiazole rings is 1. The molecule has 0 aliphatic heterocycles. The molecular weight excluding hydrogens is 374 g/mol. The Balaban J connectivity index is 1.71. The van der Waals surface area contributed by atoms with Crippen LogP contribution in [0, 0.1) is 6.92 Å². The molecule has 4 aromatic rings. The van der Waals surface area contributed by atoms with Crippen LogP contribution in [0.3, 0.4) is 0 Å². The summed E-state index contributed by atoms with van der Waals surface area (Å²) in [5.41, 5.74) is 0.253. The smallest absolute Gasteiger partial charge is 0.390 e. The zero-order valence-electron chi connectivity index (χ0n) is 14.7. The zero-order valence-corrected chi connectivity index (χ0v) is 15.6. The first kappa shape index (κ1) is 17.1. The lowest BCUT2D eigenvalue weighted by molar-refractivity contribution is 0.441. The molecule has 0 fully saturated rings. The van der Waals surface area contributed by atoms with Gasteiger partial charge in [-0.3, -0.25) is 13.9 Å². The van der Waals surface area contributed by atoms with Crippen molar-refractivity contribution in [2.75, 3.05) is 0 Å². The van der Waals surface area contributed by atoms with E-state index >= 15 is 0 Å². The SMILES string of the molecule is Cc1nc(Cn2nc(Cn3cnc4c3c(=O)n(C)c(=O)n4C)oc2=O)cs1. The first-order valence-electron chi connectivity index (χ1n) is 7.94. The predicted molar refractivity (Wildman–Crippen MR) is 96.0 cm³/mol. The highest BCUT2D eigenvalue weighted by Gasteiger charge is 2.17. The third-order valence-corrected chi connectivity index (χ3v) is 4.97. The van der Waals surface area contributed by atoms with Gasteiger partial charge in [0.1, 0.15) is 6.54 Å². The maximum Gasteiger partial charge on any atom is 0.437 e. The number of rotatable bonds is 4. The molecule has 0 unspecified atom stereocenters. The largest absolute Gasteiger partial charge is 0.437 e. The molecule has 11 nitrogen and oxygen atoms in total. The van der Waals surface area contributed by atoms with Gasteiger partial charge in [-0.25, -0.2) is 19.6 Å². The van der Waals surface area contributed by atoms with Gasteiger partial charge in [-0.2, -0.15) is 4.68 Å². The summed E-state index contributed by atoms with van der Waals surface area (Å²) < 4.78 is 10.1. The van der Waals surface area contributed by atoms with Gasteiger partial charge in [0.25, 0.3) is 5.56 Å². The second-order valence-electron chi connectivity index (χ2n) is 6.03. The van der Waals surface area contributed by atoms with Crippen molar-refractivity contribution in [2.45, 2.75) is 20.0 Å². The van der Waals surface area contributed by atoms with E-state index in [1.54, 1.807) is 0 Å². The molecule has 0 atom stereocenters. The number of hydrogen-bond donors (Lipinski definition) is 0. The second kappa shape index (κ2) is 6.16. The van der Waals surface area contributed by atoms with Gasteiger partial charge < -0.3 is 8.98 Å². The molecule has 0 aromatic carbocycles. The summed E-state index contributed by atoms with van der Waals surface area (Å²) in [6.45, 7) is 2.11. The molecule has 0 saturated carbocycles. The summed E-state index contributed by atoms with van der Waals surface area (Å²) in [7, 11) is 2.93. The van der Waals surface area contributed by atoms with Gasteiger partial charge in [0.05, 0.1) is 23.6 Å². The van der Waals surface area contributed by atoms with Crippen molar-refractivity contribution in [1.82, 2.24) is 33.4 Å². The van der Waals surface area contributed by atoms with Crippen molar-refractivity contribution in [3.63, 3.8) is 0 Å². The van der Waals surface area contributed by atoms with Crippen molar-refractivity contribution in [2.24, 2.45) is 14.1 Å². The van der Waals surface area contributed by atoms with Gasteiger partial charge in [0.15, 0.2) is 11.2 Å². The fraction of sp³-hybridized carbons (Fsp3) is 0.333. The topological polar surface area (TPSA) is 123 Å². The van der Waals surface area contributed by atoms with E-state index in [0.29, 0.717) is 0 Å². The van der Waals surface area contributed by atoms with Crippen LogP contribution in [0.2, 0.25) is 0 Å². The number of fused-ring (bicyclic) bond motifs is 1. The molecule has 27 heavy (non-hydrogen) atoms. The van der Waals surface area contributed by atoms with E-state index in [0.717, 1.165) is 15.3 Å². The van der Waals surface area contributed by atoms with Gasteiger partial charge in [-0.15, -0.1) is 16.4 Å². The standard InChI is InChI=1S/C15H15N7O4S/c1-8-17-9(6-27-8)4-22-15(25)26-10(18-22)5-21-7-16-12-11(21)13(23)20(3)14(24)19(12)2/h6-7H,4-5H2,1-3H3. The van der Waals surface area contributed by atoms with Crippen molar-refractivity contribution in [1.29, 1.82) is 0 Å². The molecule has 4 rings (SSSR count). The Morgan fingerprint density at radius 3 is 2.63 bits per heavy atom. The quantitative estimate of drug-likeness (QED) is 0.459. The van der Waals surface area contributed by atoms with Crippen LogP contribution in [-0.4, -0.2) is 33.4 Å². The Morgan fingerprint density at radius 2 is 1.93 bits per heavy atom. The molecule has 0 amide bonds. The fourth-order valence-electron chi connectivity index (χ4n) is 2.81. The zero-order chi connectivity index (χ0) is 19.3. The van der Waals surface area contributed by atoms with Crippen LogP contribution in [0.1, 0.15) is 16.6 Å². The highest BCUT2D eigenvalue weighted by molar-refractivity contribution is 7.09. The number of aryl methyl sites for hydroxylation is 2. The summed E-state index contributed by atoms with van der Waals surface area (Å²) in [6, 6.07) is 0. The van der Waals surface area contributed by atoms with Gasteiger partial charge in [-0.05, 0) is 6.92 Å². The molecule has 0 bridgehead atoms. The lowest BCUT2D eigenvalue weighted by Gasteiger charge is -2.04. The van der Waals surface area contributed by atoms with Crippen molar-refractivity contribution < 1.29 is 4.42 Å². The van der Waals surface area contributed by atoms with Crippen LogP contribution in [0.15, 0.2) is 30.5 Å². The third-order valence-electron chi connectivity index (χ3n) is 4.15. The maximum atomic E-state index is 12.5. The lowest BCUT2D eigenvalue weighted by atomic mass is 10.5. The van der Waals surface area contributed by atoms with E-state index in [9.17, 15) is 14.4 Å². The van der Waals surface area contributed by atoms with Gasteiger partial charge in [0.2, 0.25) is 5.89 Å². The molecule has 140 valence electrons. The lowest BCUT2D eigenvalue weighted by Crippen LogP contribution is -2.37. The minimum atomic E-state index is -0.611. The molecule has 0 aliphatic rings. The average molecular weight is 389 g/mol. The fourth-order valence-corrected chi connectivity index (χ4v) is 3.41. The highest BCUT2D eigenvalue weighted by atomic mass is 32.1. The second-order valence-corrected chi connectivity index (χ2v) is 7.09. The van der Waals surface area contributed by atoms with E-state index < -0.39 is 17.0 Å². The number of imidazole rings is 1. The third kappa shape index (κ3) is 2.83. The summed E-state index contributed by atoms with van der Waals surface area (Å²) in [5.74, 6) is -0.484. The molecule has 4 heterocycles. The van der Waals surface area contributed by atoms with Crippen molar-refractivity contribution in [3.8, 4) is 0 Å². The van der Waals surface area contributed by atoms with Crippen LogP contribution in [0.25, 0.3) is 11.2 Å². The van der Waals surface area contributed by atoms with Crippen molar-refractivity contribution in [3.05, 3.63) is 59.7 Å². The minimum Gasteiger partial charge on any atom is -0.390 e. The van der Waals surface area contributed by atoms with E-state index in [2.05, 4.69) is 15.1 Å². The Hall–Kier alpha value is -3.28. The van der Waals surface area contributed by atoms with Crippen LogP contribution in [0.5, 0.6) is 0 Å². The van der Waals surface area contributed by atoms with E-state index in [-0.39, 0.29) is 30.1 Å². The molecule has 0 radical (unpaired) electrons. The number of hydrogen-bond acceptors (Lipinski definition) is 8. The Kier molecular flexibility index (Phi) is 3.91. The van der Waals surface area contributed by atoms with Crippen LogP contribution < -0.4 is 17.0 Å². The molecule has 4 aromatic heterocycles. The Labute approximate surface area is 154 Å². The first-order valence-corrected chi connectivity index (χ1v) is 8.82. The van der Waals surface area contributed by atoms with E-state index in [4.69, 9.17) is 4.42 Å². The van der Waals surface area contributed by atoms with Crippen LogP contribution >= 0.6 is 11.3 Å². The minimum absolute atomic E-state index is 0.0300. The molecule has 12 heteroatoms. The van der Waals surface area contributed by atoms with Crippen LogP contribution in [-0.2, 0) is 27.2 Å². The average Bonchev–Trinajstić information content (AvgIpc) is 3.32. The summed E-state index contributed by atoms with van der Waals surface area (Å²) in [5, 5.41) is 6.91. The number of nitrogens with zero attached hydrogens (tertiary/aromatic N) is 7. The molecular formula is C15H15N7O4S. The molecule has 0 N–H and O–H groups in total. The van der Waals surface area contributed by atoms with Gasteiger partial charge in [-0.1, -0.05) is 0 Å². The maximum absolute atomic E-state index is 12.5. The summed E-state index contributed by atoms with van der Waals surface area (Å²) in [4.78, 5) is 44.9. The number of aromatic nitrogens is 7. The molecule has 0 aliphatic carbocycles. The summed E-state index contributed by atoms with van der Waals surface area (Å²) in [6.07, 6.45) is 1.41. The summed E-state index contributed by atoms with van der Waals surface area (Å²) >= 11 is 1.48. The van der Waals surface area contributed by atoms with Gasteiger partial charge in [0, 0.05) is 19.5 Å². The predicted octanol–water partition coefficient (Wildman–Crippen LogP) is -0.555.